The normalized spacial score (nSPS) is 31.3. The lowest BCUT2D eigenvalue weighted by atomic mass is 9.87. The number of fused-ring (bicyclic) bond motifs is 2. The van der Waals surface area contributed by atoms with Crippen LogP contribution in [-0.4, -0.2) is 59.2 Å². The van der Waals surface area contributed by atoms with E-state index in [1.807, 2.05) is 37.3 Å². The predicted octanol–water partition coefficient (Wildman–Crippen LogP) is 1.86. The first-order chi connectivity index (χ1) is 15.3. The van der Waals surface area contributed by atoms with Gasteiger partial charge in [-0.2, -0.15) is 5.26 Å². The summed E-state index contributed by atoms with van der Waals surface area (Å²) in [6.45, 7) is 1.84. The third-order valence-electron chi connectivity index (χ3n) is 5.76. The van der Waals surface area contributed by atoms with Crippen LogP contribution >= 0.6 is 11.6 Å². The highest BCUT2D eigenvalue weighted by atomic mass is 35.5. The molecule has 4 rings (SSSR count). The lowest BCUT2D eigenvalue weighted by Gasteiger charge is -2.45. The molecule has 2 heterocycles. The molecule has 2 aliphatic heterocycles. The molecule has 9 heteroatoms. The molecule has 5 atom stereocenters. The van der Waals surface area contributed by atoms with Gasteiger partial charge in [0.05, 0.1) is 12.7 Å². The number of ether oxygens (including phenoxy) is 4. The minimum atomic E-state index is -1.79. The summed E-state index contributed by atoms with van der Waals surface area (Å²) in [6.07, 6.45) is -4.32. The second-order valence-corrected chi connectivity index (χ2v) is 8.16. The van der Waals surface area contributed by atoms with Crippen LogP contribution in [0.15, 0.2) is 42.5 Å². The number of benzene rings is 2. The van der Waals surface area contributed by atoms with Gasteiger partial charge in [-0.15, -0.1) is 0 Å². The van der Waals surface area contributed by atoms with E-state index in [0.717, 1.165) is 16.9 Å². The second kappa shape index (κ2) is 8.96. The van der Waals surface area contributed by atoms with Crippen molar-refractivity contribution in [2.75, 3.05) is 19.8 Å². The number of hydrogen-bond donors (Lipinski definition) is 3. The number of aliphatic hydroxyl groups is 3. The van der Waals surface area contributed by atoms with Crippen LogP contribution in [0.3, 0.4) is 0 Å². The Labute approximate surface area is 190 Å². The summed E-state index contributed by atoms with van der Waals surface area (Å²) < 4.78 is 22.6. The molecule has 2 aromatic rings. The Morgan fingerprint density at radius 3 is 2.59 bits per heavy atom. The Kier molecular flexibility index (Phi) is 6.43. The van der Waals surface area contributed by atoms with Crippen LogP contribution in [0.25, 0.3) is 0 Å². The van der Waals surface area contributed by atoms with Gasteiger partial charge >= 0.3 is 0 Å². The molecule has 8 nitrogen and oxygen atoms in total. The quantitative estimate of drug-likeness (QED) is 0.571. The van der Waals surface area contributed by atoms with E-state index in [2.05, 4.69) is 0 Å². The third kappa shape index (κ3) is 3.87. The zero-order valence-corrected chi connectivity index (χ0v) is 18.2. The van der Waals surface area contributed by atoms with Gasteiger partial charge in [0.15, 0.2) is 0 Å². The molecule has 0 spiro atoms. The van der Waals surface area contributed by atoms with Gasteiger partial charge in [0.1, 0.15) is 37.3 Å². The molecule has 0 aliphatic carbocycles. The molecule has 0 aromatic heterocycles. The first-order valence-electron chi connectivity index (χ1n) is 10.2. The summed E-state index contributed by atoms with van der Waals surface area (Å²) >= 11 is 6.43. The SMILES string of the molecule is CCOc1ccc(Cc2cc([C@]34OC[C@](OCC#N)(O3)[C@@H](O)[C@H](O)[C@H]4O)ccc2Cl)cc1. The number of hydrogen-bond acceptors (Lipinski definition) is 8. The Morgan fingerprint density at radius 1 is 1.16 bits per heavy atom. The van der Waals surface area contributed by atoms with Crippen molar-refractivity contribution >= 4 is 11.6 Å². The van der Waals surface area contributed by atoms with E-state index in [9.17, 15) is 15.3 Å². The minimum absolute atomic E-state index is 0.277. The maximum atomic E-state index is 10.8. The fourth-order valence-electron chi connectivity index (χ4n) is 4.11. The van der Waals surface area contributed by atoms with Gasteiger partial charge in [0.25, 0.3) is 0 Å². The van der Waals surface area contributed by atoms with E-state index in [0.29, 0.717) is 23.6 Å². The highest BCUT2D eigenvalue weighted by Gasteiger charge is 2.68. The Balaban J connectivity index is 1.65. The van der Waals surface area contributed by atoms with Crippen LogP contribution < -0.4 is 4.74 Å². The molecular weight excluding hydrogens is 438 g/mol. The number of nitriles is 1. The number of rotatable bonds is 7. The molecule has 2 saturated heterocycles. The van der Waals surface area contributed by atoms with E-state index < -0.39 is 29.9 Å². The Morgan fingerprint density at radius 2 is 1.91 bits per heavy atom. The average Bonchev–Trinajstić information content (AvgIpc) is 3.18. The number of aliphatic hydroxyl groups excluding tert-OH is 3. The lowest BCUT2D eigenvalue weighted by Crippen LogP contribution is -2.65. The Bertz CT molecular complexity index is 1010. The van der Waals surface area contributed by atoms with E-state index in [-0.39, 0.29) is 13.2 Å². The van der Waals surface area contributed by atoms with Gasteiger partial charge in [-0.25, -0.2) is 0 Å². The molecule has 0 unspecified atom stereocenters. The Hall–Kier alpha value is -2.22. The zero-order valence-electron chi connectivity index (χ0n) is 17.4. The van der Waals surface area contributed by atoms with Crippen molar-refractivity contribution < 1.29 is 34.3 Å². The van der Waals surface area contributed by atoms with Crippen LogP contribution in [0.2, 0.25) is 5.02 Å². The van der Waals surface area contributed by atoms with Crippen LogP contribution in [0, 0.1) is 11.3 Å². The molecule has 2 bridgehead atoms. The molecule has 0 radical (unpaired) electrons. The van der Waals surface area contributed by atoms with Crippen LogP contribution in [0.5, 0.6) is 5.75 Å². The zero-order chi connectivity index (χ0) is 22.9. The largest absolute Gasteiger partial charge is 0.494 e. The molecule has 3 N–H and O–H groups in total. The molecular formula is C23H24ClNO7. The second-order valence-electron chi connectivity index (χ2n) is 7.76. The van der Waals surface area contributed by atoms with Gasteiger partial charge in [-0.3, -0.25) is 0 Å². The standard InChI is InChI=1S/C23H24ClNO7/c1-2-29-17-6-3-14(4-7-17)11-15-12-16(5-8-18(15)24)23-21(28)19(26)20(27)22(32-23,13-31-23)30-10-9-25/h3-8,12,19-21,26-28H,2,10-11,13H2,1H3/t19-,20-,21+,22-,23-/m0/s1. The monoisotopic (exact) mass is 461 g/mol. The van der Waals surface area contributed by atoms with Crippen LogP contribution in [0.4, 0.5) is 0 Å². The lowest BCUT2D eigenvalue weighted by molar-refractivity contribution is -0.377. The summed E-state index contributed by atoms with van der Waals surface area (Å²) in [6, 6.07) is 14.4. The fourth-order valence-corrected chi connectivity index (χ4v) is 4.30. The summed E-state index contributed by atoms with van der Waals surface area (Å²) in [5.74, 6) is -2.79. The highest BCUT2D eigenvalue weighted by molar-refractivity contribution is 6.31. The summed E-state index contributed by atoms with van der Waals surface area (Å²) in [5, 5.41) is 41.1. The molecule has 0 amide bonds. The molecule has 2 fully saturated rings. The van der Waals surface area contributed by atoms with Gasteiger partial charge in [0, 0.05) is 10.6 Å². The smallest absolute Gasteiger partial charge is 0.227 e. The predicted molar refractivity (Wildman–Crippen MR) is 113 cm³/mol. The molecule has 2 aromatic carbocycles. The van der Waals surface area contributed by atoms with E-state index in [1.54, 1.807) is 18.2 Å². The van der Waals surface area contributed by atoms with Crippen molar-refractivity contribution in [3.05, 3.63) is 64.2 Å². The van der Waals surface area contributed by atoms with E-state index in [4.69, 9.17) is 35.8 Å². The summed E-state index contributed by atoms with van der Waals surface area (Å²) in [4.78, 5) is 0. The maximum absolute atomic E-state index is 10.8. The van der Waals surface area contributed by atoms with Crippen LogP contribution in [-0.2, 0) is 26.4 Å². The third-order valence-corrected chi connectivity index (χ3v) is 6.13. The molecule has 170 valence electrons. The summed E-state index contributed by atoms with van der Waals surface area (Å²) in [7, 11) is 0. The first-order valence-corrected chi connectivity index (χ1v) is 10.6. The minimum Gasteiger partial charge on any atom is -0.494 e. The fraction of sp³-hybridized carbons (Fsp3) is 0.435. The van der Waals surface area contributed by atoms with Crippen molar-refractivity contribution in [3.63, 3.8) is 0 Å². The number of nitrogens with zero attached hydrogens (tertiary/aromatic N) is 1. The van der Waals surface area contributed by atoms with Gasteiger partial charge in [-0.05, 0) is 48.7 Å². The van der Waals surface area contributed by atoms with Crippen molar-refractivity contribution in [1.29, 1.82) is 5.26 Å². The van der Waals surface area contributed by atoms with Crippen molar-refractivity contribution in [3.8, 4) is 11.8 Å². The molecule has 2 aliphatic rings. The number of halogens is 1. The topological polar surface area (TPSA) is 121 Å². The van der Waals surface area contributed by atoms with Crippen LogP contribution in [0.1, 0.15) is 23.6 Å². The summed E-state index contributed by atoms with van der Waals surface area (Å²) in [5.41, 5.74) is 2.14. The first kappa shape index (κ1) is 23.0. The van der Waals surface area contributed by atoms with Crippen molar-refractivity contribution in [1.82, 2.24) is 0 Å². The van der Waals surface area contributed by atoms with E-state index >= 15 is 0 Å². The van der Waals surface area contributed by atoms with Gasteiger partial charge in [0.2, 0.25) is 11.6 Å². The van der Waals surface area contributed by atoms with Crippen molar-refractivity contribution in [2.45, 2.75) is 43.2 Å². The van der Waals surface area contributed by atoms with Gasteiger partial charge in [-0.1, -0.05) is 29.8 Å². The van der Waals surface area contributed by atoms with Crippen molar-refractivity contribution in [2.24, 2.45) is 0 Å². The van der Waals surface area contributed by atoms with Gasteiger partial charge < -0.3 is 34.3 Å². The molecule has 0 saturated carbocycles. The van der Waals surface area contributed by atoms with E-state index in [1.165, 1.54) is 0 Å². The average molecular weight is 462 g/mol. The highest BCUT2D eigenvalue weighted by Crippen LogP contribution is 2.50. The molecule has 32 heavy (non-hydrogen) atoms. The maximum Gasteiger partial charge on any atom is 0.227 e.